The van der Waals surface area contributed by atoms with Crippen LogP contribution in [0, 0.1) is 11.8 Å². The number of ether oxygens (including phenoxy) is 1. The van der Waals surface area contributed by atoms with Gasteiger partial charge >= 0.3 is 6.36 Å². The monoisotopic (exact) mass is 446 g/mol. The van der Waals surface area contributed by atoms with E-state index in [-0.39, 0.29) is 24.6 Å². The normalized spacial score (nSPS) is 11.9. The standard InChI is InChI=1S/C23H21F3N2O4/c1-16(8-9-18-10-12-20(13-11-18)32-23(24,25)26)27-31-15-19-6-4-5-7-21(19)22(28-30-3)14-17(2)29/h4-7,10-13H,14-15H2,1-3H3/b27-16+,28-22-. The van der Waals surface area contributed by atoms with Crippen LogP contribution in [0.3, 0.4) is 0 Å². The first kappa shape index (κ1) is 24.5. The number of carbonyl (C=O) groups is 1. The van der Waals surface area contributed by atoms with Crippen molar-refractivity contribution in [1.29, 1.82) is 0 Å². The largest absolute Gasteiger partial charge is 0.573 e. The maximum absolute atomic E-state index is 12.2. The summed E-state index contributed by atoms with van der Waals surface area (Å²) in [7, 11) is 1.41. The molecule has 0 saturated carbocycles. The van der Waals surface area contributed by atoms with Crippen molar-refractivity contribution in [3.63, 3.8) is 0 Å². The Morgan fingerprint density at radius 3 is 2.34 bits per heavy atom. The number of rotatable bonds is 8. The molecule has 2 aromatic rings. The van der Waals surface area contributed by atoms with Gasteiger partial charge in [0.25, 0.3) is 0 Å². The molecule has 2 rings (SSSR count). The predicted octanol–water partition coefficient (Wildman–Crippen LogP) is 4.86. The van der Waals surface area contributed by atoms with Crippen LogP contribution in [0.15, 0.2) is 58.8 Å². The minimum Gasteiger partial charge on any atom is -0.406 e. The van der Waals surface area contributed by atoms with Gasteiger partial charge in [0, 0.05) is 16.7 Å². The van der Waals surface area contributed by atoms with Gasteiger partial charge in [-0.05, 0) is 44.0 Å². The Balaban J connectivity index is 2.04. The molecule has 0 bridgehead atoms. The third kappa shape index (κ3) is 8.52. The Kier molecular flexibility index (Phi) is 8.83. The number of halogens is 3. The van der Waals surface area contributed by atoms with Crippen molar-refractivity contribution in [2.24, 2.45) is 10.3 Å². The number of hydrogen-bond acceptors (Lipinski definition) is 6. The van der Waals surface area contributed by atoms with Crippen molar-refractivity contribution in [2.75, 3.05) is 7.11 Å². The average molecular weight is 446 g/mol. The van der Waals surface area contributed by atoms with Crippen LogP contribution in [0.5, 0.6) is 5.75 Å². The van der Waals surface area contributed by atoms with Crippen LogP contribution in [0.1, 0.15) is 37.0 Å². The lowest BCUT2D eigenvalue weighted by Gasteiger charge is -2.10. The fourth-order valence-electron chi connectivity index (χ4n) is 2.57. The molecule has 0 heterocycles. The van der Waals surface area contributed by atoms with Crippen LogP contribution >= 0.6 is 0 Å². The molecular formula is C23H21F3N2O4. The van der Waals surface area contributed by atoms with E-state index in [0.29, 0.717) is 22.6 Å². The third-order valence-corrected chi connectivity index (χ3v) is 3.84. The van der Waals surface area contributed by atoms with Gasteiger partial charge in [0.1, 0.15) is 31.0 Å². The summed E-state index contributed by atoms with van der Waals surface area (Å²) >= 11 is 0. The van der Waals surface area contributed by atoms with Gasteiger partial charge in [-0.25, -0.2) is 0 Å². The van der Waals surface area contributed by atoms with E-state index in [1.54, 1.807) is 6.92 Å². The molecule has 9 heteroatoms. The molecule has 0 spiro atoms. The molecule has 32 heavy (non-hydrogen) atoms. The Morgan fingerprint density at radius 2 is 1.72 bits per heavy atom. The van der Waals surface area contributed by atoms with E-state index < -0.39 is 6.36 Å². The number of ketones is 1. The summed E-state index contributed by atoms with van der Waals surface area (Å²) in [5.41, 5.74) is 2.81. The SMILES string of the molecule is CO/N=C(/CC(C)=O)c1ccccc1CO/N=C(\C)C#Cc1ccc(OC(F)(F)F)cc1. The minimum absolute atomic E-state index is 0.0568. The van der Waals surface area contributed by atoms with Gasteiger partial charge in [-0.15, -0.1) is 13.2 Å². The van der Waals surface area contributed by atoms with Crippen LogP contribution in [0.2, 0.25) is 0 Å². The summed E-state index contributed by atoms with van der Waals surface area (Å²) in [6.07, 6.45) is -4.62. The number of alkyl halides is 3. The van der Waals surface area contributed by atoms with Gasteiger partial charge in [-0.3, -0.25) is 4.79 Å². The van der Waals surface area contributed by atoms with Crippen molar-refractivity contribution in [3.8, 4) is 17.6 Å². The smallest absolute Gasteiger partial charge is 0.406 e. The average Bonchev–Trinajstić information content (AvgIpc) is 2.72. The van der Waals surface area contributed by atoms with Crippen LogP contribution < -0.4 is 4.74 Å². The van der Waals surface area contributed by atoms with Gasteiger partial charge in [0.2, 0.25) is 0 Å². The van der Waals surface area contributed by atoms with E-state index in [0.717, 1.165) is 5.56 Å². The van der Waals surface area contributed by atoms with Crippen LogP contribution in [0.25, 0.3) is 0 Å². The van der Waals surface area contributed by atoms with Gasteiger partial charge in [-0.1, -0.05) is 40.5 Å². The second-order valence-electron chi connectivity index (χ2n) is 6.53. The molecule has 0 unspecified atom stereocenters. The Labute approximate surface area is 183 Å². The summed E-state index contributed by atoms with van der Waals surface area (Å²) in [5, 5.41) is 7.88. The second kappa shape index (κ2) is 11.6. The number of hydrogen-bond donors (Lipinski definition) is 0. The van der Waals surface area contributed by atoms with Crippen molar-refractivity contribution in [2.45, 2.75) is 33.2 Å². The molecular weight excluding hydrogens is 425 g/mol. The first-order valence-corrected chi connectivity index (χ1v) is 9.40. The highest BCUT2D eigenvalue weighted by atomic mass is 19.4. The molecule has 168 valence electrons. The van der Waals surface area contributed by atoms with Crippen molar-refractivity contribution in [3.05, 3.63) is 65.2 Å². The summed E-state index contributed by atoms with van der Waals surface area (Å²) in [5.74, 6) is 5.16. The zero-order valence-corrected chi connectivity index (χ0v) is 17.7. The highest BCUT2D eigenvalue weighted by Crippen LogP contribution is 2.22. The predicted molar refractivity (Wildman–Crippen MR) is 113 cm³/mol. The van der Waals surface area contributed by atoms with E-state index in [1.165, 1.54) is 38.3 Å². The third-order valence-electron chi connectivity index (χ3n) is 3.84. The zero-order chi connectivity index (χ0) is 23.6. The molecule has 0 amide bonds. The molecule has 0 aliphatic rings. The first-order valence-electron chi connectivity index (χ1n) is 9.40. The number of Topliss-reactive ketones (excluding diaryl/α,β-unsaturated/α-hetero) is 1. The Morgan fingerprint density at radius 1 is 1.03 bits per heavy atom. The molecule has 0 saturated heterocycles. The molecule has 2 aromatic carbocycles. The van der Waals surface area contributed by atoms with E-state index in [2.05, 4.69) is 26.9 Å². The Bertz CT molecular complexity index is 1050. The number of carbonyl (C=O) groups excluding carboxylic acids is 1. The molecule has 0 radical (unpaired) electrons. The fourth-order valence-corrected chi connectivity index (χ4v) is 2.57. The maximum atomic E-state index is 12.2. The quantitative estimate of drug-likeness (QED) is 0.330. The summed E-state index contributed by atoms with van der Waals surface area (Å²) in [6, 6.07) is 12.4. The highest BCUT2D eigenvalue weighted by molar-refractivity contribution is 6.11. The number of oxime groups is 2. The van der Waals surface area contributed by atoms with Crippen LogP contribution in [0.4, 0.5) is 13.2 Å². The van der Waals surface area contributed by atoms with Crippen molar-refractivity contribution >= 4 is 17.2 Å². The van der Waals surface area contributed by atoms with Gasteiger partial charge in [0.15, 0.2) is 0 Å². The molecule has 6 nitrogen and oxygen atoms in total. The van der Waals surface area contributed by atoms with Gasteiger partial charge < -0.3 is 14.4 Å². The number of nitrogens with zero attached hydrogens (tertiary/aromatic N) is 2. The fraction of sp³-hybridized carbons (Fsp3) is 0.261. The lowest BCUT2D eigenvalue weighted by atomic mass is 10.0. The van der Waals surface area contributed by atoms with E-state index in [4.69, 9.17) is 9.68 Å². The first-order chi connectivity index (χ1) is 15.2. The Hall–Kier alpha value is -3.80. The molecule has 0 aliphatic carbocycles. The summed E-state index contributed by atoms with van der Waals surface area (Å²) in [4.78, 5) is 21.7. The van der Waals surface area contributed by atoms with E-state index in [1.807, 2.05) is 24.3 Å². The zero-order valence-electron chi connectivity index (χ0n) is 17.7. The van der Waals surface area contributed by atoms with E-state index in [9.17, 15) is 18.0 Å². The summed E-state index contributed by atoms with van der Waals surface area (Å²) in [6.45, 7) is 3.21. The topological polar surface area (TPSA) is 69.5 Å². The molecule has 0 atom stereocenters. The van der Waals surface area contributed by atoms with Gasteiger partial charge in [0.05, 0.1) is 12.1 Å². The summed E-state index contributed by atoms with van der Waals surface area (Å²) < 4.78 is 40.4. The molecule has 0 aromatic heterocycles. The second-order valence-corrected chi connectivity index (χ2v) is 6.53. The van der Waals surface area contributed by atoms with Crippen molar-refractivity contribution in [1.82, 2.24) is 0 Å². The minimum atomic E-state index is -4.74. The molecule has 0 N–H and O–H groups in total. The van der Waals surface area contributed by atoms with Crippen molar-refractivity contribution < 1.29 is 32.4 Å². The number of benzene rings is 2. The maximum Gasteiger partial charge on any atom is 0.573 e. The lowest BCUT2D eigenvalue weighted by molar-refractivity contribution is -0.274. The molecule has 0 aliphatic heterocycles. The molecule has 0 fully saturated rings. The van der Waals surface area contributed by atoms with Crippen LogP contribution in [-0.4, -0.2) is 30.7 Å². The van der Waals surface area contributed by atoms with Crippen LogP contribution in [-0.2, 0) is 21.1 Å². The van der Waals surface area contributed by atoms with Gasteiger partial charge in [-0.2, -0.15) is 0 Å². The lowest BCUT2D eigenvalue weighted by Crippen LogP contribution is -2.16. The van der Waals surface area contributed by atoms with E-state index >= 15 is 0 Å². The highest BCUT2D eigenvalue weighted by Gasteiger charge is 2.30.